The van der Waals surface area contributed by atoms with Gasteiger partial charge >= 0.3 is 21.2 Å². The van der Waals surface area contributed by atoms with Crippen LogP contribution >= 0.6 is 26.8 Å². The molecule has 0 radical (unpaired) electrons. The number of piperazine rings is 1. The molecule has 1 aromatic carbocycles. The third-order valence-electron chi connectivity index (χ3n) is 7.01. The molecule has 19 heteroatoms. The van der Waals surface area contributed by atoms with Crippen molar-refractivity contribution >= 4 is 49.4 Å². The number of fused-ring (bicyclic) bond motifs is 1. The Kier molecular flexibility index (Phi) is 15.1. The van der Waals surface area contributed by atoms with Gasteiger partial charge in [-0.1, -0.05) is 18.5 Å². The number of halogens is 1. The maximum Gasteiger partial charge on any atom is 0.399 e. The average Bonchev–Trinajstić information content (AvgIpc) is 3.04. The molecular formula is C27H42ClN3O13P2. The Labute approximate surface area is 271 Å². The molecule has 16 nitrogen and oxygen atoms in total. The van der Waals surface area contributed by atoms with Gasteiger partial charge in [-0.15, -0.1) is 18.7 Å². The van der Waals surface area contributed by atoms with Crippen molar-refractivity contribution in [2.45, 2.75) is 52.9 Å². The lowest BCUT2D eigenvalue weighted by Gasteiger charge is -2.38. The van der Waals surface area contributed by atoms with Gasteiger partial charge in [0.2, 0.25) is 5.43 Å². The van der Waals surface area contributed by atoms with Gasteiger partial charge in [-0.25, -0.2) is 24.3 Å². The highest BCUT2D eigenvalue weighted by atomic mass is 35.5. The fraction of sp³-hybridized carbons (Fsp3) is 0.630. The molecule has 3 rings (SSSR count). The molecule has 0 aliphatic carbocycles. The van der Waals surface area contributed by atoms with Crippen LogP contribution in [-0.4, -0.2) is 85.5 Å². The van der Waals surface area contributed by atoms with Gasteiger partial charge in [-0.3, -0.25) is 18.8 Å². The molecule has 0 spiro atoms. The molecule has 260 valence electrons. The third kappa shape index (κ3) is 9.16. The number of aromatic carboxylic acids is 1. The van der Waals surface area contributed by atoms with E-state index in [4.69, 9.17) is 49.8 Å². The first-order chi connectivity index (χ1) is 22.0. The smallest absolute Gasteiger partial charge is 0.399 e. The van der Waals surface area contributed by atoms with Gasteiger partial charge in [0, 0.05) is 43.3 Å². The SMILES string of the molecule is CCOOP(=O)(OOCC)C(CCN1CCN(c2c(Cl)cc3c(=O)c(C(=O)O)c[nH]c3c2CC)CC1)P(=O)(OOCC)OOCC. The number of nitrogens with zero attached hydrogens (tertiary/aromatic N) is 2. The van der Waals surface area contributed by atoms with Crippen molar-refractivity contribution in [2.75, 3.05) is 64.1 Å². The number of nitrogens with one attached hydrogen (secondary N) is 1. The van der Waals surface area contributed by atoms with E-state index >= 15 is 0 Å². The number of aryl methyl sites for hydroxylation is 1. The lowest BCUT2D eigenvalue weighted by molar-refractivity contribution is -0.272. The molecule has 0 unspecified atom stereocenters. The molecule has 0 bridgehead atoms. The fourth-order valence-electron chi connectivity index (χ4n) is 4.95. The van der Waals surface area contributed by atoms with Crippen LogP contribution in [0.4, 0.5) is 5.69 Å². The summed E-state index contributed by atoms with van der Waals surface area (Å²) in [5.74, 6) is -1.32. The van der Waals surface area contributed by atoms with E-state index < -0.39 is 32.0 Å². The highest BCUT2D eigenvalue weighted by Crippen LogP contribution is 2.72. The number of H-pyrrole nitrogens is 1. The Morgan fingerprint density at radius 1 is 0.913 bits per heavy atom. The standard InChI is InChI=1S/C27H42ClN3O13P2/c1-6-19-24-20(26(32)21(18-29-24)27(33)34)17-22(28)25(19)31-15-13-30(14-16-31)12-11-23(45(35,41-37-7-2)42-38-8-3)46(36,43-39-9-4)44-40-10-5/h17-18,23H,6-16H2,1-5H3,(H,29,32)(H,33,34). The zero-order chi connectivity index (χ0) is 33.9. The van der Waals surface area contributed by atoms with Crippen LogP contribution in [-0.2, 0) is 53.8 Å². The van der Waals surface area contributed by atoms with Gasteiger partial charge in [0.1, 0.15) is 5.56 Å². The second-order valence-electron chi connectivity index (χ2n) is 9.90. The molecule has 1 fully saturated rings. The van der Waals surface area contributed by atoms with Crippen LogP contribution in [0.25, 0.3) is 10.9 Å². The molecule has 0 saturated carbocycles. The predicted molar refractivity (Wildman–Crippen MR) is 169 cm³/mol. The lowest BCUT2D eigenvalue weighted by atomic mass is 10.0. The predicted octanol–water partition coefficient (Wildman–Crippen LogP) is 5.54. The summed E-state index contributed by atoms with van der Waals surface area (Å²) in [6, 6.07) is 1.50. The number of carbonyl (C=O) groups is 1. The zero-order valence-corrected chi connectivity index (χ0v) is 29.1. The van der Waals surface area contributed by atoms with Crippen LogP contribution in [0.1, 0.15) is 57.0 Å². The highest BCUT2D eigenvalue weighted by Gasteiger charge is 2.55. The fourth-order valence-corrected chi connectivity index (χ4v) is 9.46. The van der Waals surface area contributed by atoms with Crippen molar-refractivity contribution in [1.82, 2.24) is 9.88 Å². The maximum atomic E-state index is 14.0. The Morgan fingerprint density at radius 3 is 1.85 bits per heavy atom. The Bertz CT molecular complexity index is 1410. The summed E-state index contributed by atoms with van der Waals surface area (Å²) < 4.78 is 48.5. The number of hydrogen-bond donors (Lipinski definition) is 2. The van der Waals surface area contributed by atoms with Crippen LogP contribution < -0.4 is 10.3 Å². The number of benzene rings is 1. The van der Waals surface area contributed by atoms with E-state index in [1.807, 2.05) is 11.8 Å². The van der Waals surface area contributed by atoms with Crippen molar-refractivity contribution in [3.63, 3.8) is 0 Å². The van der Waals surface area contributed by atoms with Crippen molar-refractivity contribution < 1.29 is 57.3 Å². The van der Waals surface area contributed by atoms with Gasteiger partial charge in [0.15, 0.2) is 5.40 Å². The van der Waals surface area contributed by atoms with Crippen molar-refractivity contribution in [3.05, 3.63) is 38.6 Å². The molecule has 1 aromatic heterocycles. The number of carboxylic acids is 1. The van der Waals surface area contributed by atoms with E-state index in [1.54, 1.807) is 27.7 Å². The number of rotatable bonds is 20. The normalized spacial score (nSPS) is 14.9. The minimum absolute atomic E-state index is 0.00276. The van der Waals surface area contributed by atoms with Gasteiger partial charge < -0.3 is 15.0 Å². The number of pyridine rings is 1. The molecule has 2 heterocycles. The molecule has 46 heavy (non-hydrogen) atoms. The summed E-state index contributed by atoms with van der Waals surface area (Å²) >= 11 is 6.71. The van der Waals surface area contributed by atoms with Crippen LogP contribution in [0.5, 0.6) is 0 Å². The summed E-state index contributed by atoms with van der Waals surface area (Å²) in [5.41, 5.74) is 1.08. The van der Waals surface area contributed by atoms with Crippen molar-refractivity contribution in [2.24, 2.45) is 0 Å². The van der Waals surface area contributed by atoms with E-state index in [0.29, 0.717) is 43.1 Å². The largest absolute Gasteiger partial charge is 0.477 e. The lowest BCUT2D eigenvalue weighted by Crippen LogP contribution is -2.47. The van der Waals surface area contributed by atoms with Crippen molar-refractivity contribution in [1.29, 1.82) is 0 Å². The van der Waals surface area contributed by atoms with Crippen LogP contribution in [0.3, 0.4) is 0 Å². The number of hydrogen-bond acceptors (Lipinski definition) is 14. The number of aromatic amines is 1. The zero-order valence-electron chi connectivity index (χ0n) is 26.5. The summed E-state index contributed by atoms with van der Waals surface area (Å²) in [6.07, 6.45) is 1.64. The molecular weight excluding hydrogens is 672 g/mol. The Morgan fingerprint density at radius 2 is 1.41 bits per heavy atom. The van der Waals surface area contributed by atoms with E-state index in [0.717, 1.165) is 11.3 Å². The molecule has 1 aliphatic heterocycles. The number of anilines is 1. The molecule has 0 amide bonds. The van der Waals surface area contributed by atoms with Crippen LogP contribution in [0, 0.1) is 0 Å². The summed E-state index contributed by atoms with van der Waals surface area (Å²) in [5, 5.41) is 8.34. The summed E-state index contributed by atoms with van der Waals surface area (Å²) in [4.78, 5) is 51.3. The van der Waals surface area contributed by atoms with Crippen LogP contribution in [0.2, 0.25) is 5.02 Å². The van der Waals surface area contributed by atoms with E-state index in [9.17, 15) is 23.8 Å². The maximum absolute atomic E-state index is 14.0. The molecule has 2 aromatic rings. The third-order valence-corrected chi connectivity index (χ3v) is 12.2. The van der Waals surface area contributed by atoms with Gasteiger partial charge in [0.05, 0.1) is 42.7 Å². The Hall–Kier alpha value is -1.91. The first-order valence-electron chi connectivity index (χ1n) is 15.0. The molecule has 2 N–H and O–H groups in total. The molecule has 1 aliphatic rings. The first kappa shape index (κ1) is 38.5. The molecule has 0 atom stereocenters. The summed E-state index contributed by atoms with van der Waals surface area (Å²) in [7, 11) is -8.97. The monoisotopic (exact) mass is 713 g/mol. The van der Waals surface area contributed by atoms with E-state index in [1.165, 1.54) is 12.3 Å². The van der Waals surface area contributed by atoms with Gasteiger partial charge in [0.25, 0.3) is 0 Å². The topological polar surface area (TPSA) is 185 Å². The van der Waals surface area contributed by atoms with E-state index in [2.05, 4.69) is 9.88 Å². The van der Waals surface area contributed by atoms with Crippen molar-refractivity contribution in [3.8, 4) is 0 Å². The molecule has 1 saturated heterocycles. The minimum Gasteiger partial charge on any atom is -0.477 e. The van der Waals surface area contributed by atoms with Gasteiger partial charge in [-0.05, 0) is 53.1 Å². The first-order valence-corrected chi connectivity index (χ1v) is 18.6. The number of aromatic nitrogens is 1. The van der Waals surface area contributed by atoms with Gasteiger partial charge in [-0.2, -0.15) is 0 Å². The Balaban J connectivity index is 1.85. The number of carboxylic acid groups (broad SMARTS) is 1. The highest BCUT2D eigenvalue weighted by molar-refractivity contribution is 7.72. The second-order valence-corrected chi connectivity index (χ2v) is 14.7. The average molecular weight is 714 g/mol. The van der Waals surface area contributed by atoms with Crippen LogP contribution in [0.15, 0.2) is 17.1 Å². The quantitative estimate of drug-likeness (QED) is 0.0989. The summed E-state index contributed by atoms with van der Waals surface area (Å²) in [6.45, 7) is 10.7. The van der Waals surface area contributed by atoms with E-state index in [-0.39, 0.29) is 50.3 Å². The second kappa shape index (κ2) is 18.0. The minimum atomic E-state index is -4.48.